The molecule has 1 aromatic heterocycles. The number of nitrogen functional groups attached to an aromatic ring is 1. The van der Waals surface area contributed by atoms with Crippen molar-refractivity contribution in [3.63, 3.8) is 0 Å². The standard InChI is InChI=1S/C12H20N4O2S/c1-14-11(17)10-8(13)9(18-2)12(19-10)16-7-3-5-15-6-4-7/h7,15-16H,3-6,13H2,1-2H3,(H,14,17). The first-order chi connectivity index (χ1) is 9.17. The van der Waals surface area contributed by atoms with Crippen molar-refractivity contribution < 1.29 is 9.53 Å². The number of thiophene rings is 1. The molecule has 2 heterocycles. The smallest absolute Gasteiger partial charge is 0.263 e. The molecule has 0 saturated carbocycles. The average Bonchev–Trinajstić information content (AvgIpc) is 2.75. The number of anilines is 2. The molecule has 6 nitrogen and oxygen atoms in total. The fraction of sp³-hybridized carbons (Fsp3) is 0.583. The quantitative estimate of drug-likeness (QED) is 0.659. The topological polar surface area (TPSA) is 88.4 Å². The largest absolute Gasteiger partial charge is 0.492 e. The van der Waals surface area contributed by atoms with Crippen LogP contribution in [-0.2, 0) is 0 Å². The van der Waals surface area contributed by atoms with Gasteiger partial charge < -0.3 is 26.4 Å². The molecule has 1 aromatic rings. The van der Waals surface area contributed by atoms with Crippen LogP contribution in [0.25, 0.3) is 0 Å². The van der Waals surface area contributed by atoms with Crippen LogP contribution in [0, 0.1) is 0 Å². The van der Waals surface area contributed by atoms with Crippen LogP contribution >= 0.6 is 11.3 Å². The Balaban J connectivity index is 2.21. The van der Waals surface area contributed by atoms with E-state index in [9.17, 15) is 4.79 Å². The Bertz CT molecular complexity index is 455. The Morgan fingerprint density at radius 3 is 2.74 bits per heavy atom. The lowest BCUT2D eigenvalue weighted by molar-refractivity contribution is 0.0967. The number of nitrogens with one attached hydrogen (secondary N) is 3. The molecule has 1 saturated heterocycles. The second kappa shape index (κ2) is 6.12. The number of carbonyl (C=O) groups excluding carboxylic acids is 1. The molecule has 0 aliphatic carbocycles. The van der Waals surface area contributed by atoms with Crippen molar-refractivity contribution in [3.05, 3.63) is 4.88 Å². The molecular weight excluding hydrogens is 264 g/mol. The van der Waals surface area contributed by atoms with Crippen LogP contribution in [0.2, 0.25) is 0 Å². The number of methoxy groups -OCH3 is 1. The van der Waals surface area contributed by atoms with Crippen LogP contribution in [0.1, 0.15) is 22.5 Å². The third-order valence-corrected chi connectivity index (χ3v) is 4.33. The summed E-state index contributed by atoms with van der Waals surface area (Å²) in [5.74, 6) is 0.390. The summed E-state index contributed by atoms with van der Waals surface area (Å²) in [4.78, 5) is 12.2. The third kappa shape index (κ3) is 2.93. The van der Waals surface area contributed by atoms with Gasteiger partial charge in [0.1, 0.15) is 15.6 Å². The van der Waals surface area contributed by atoms with Gasteiger partial charge in [-0.1, -0.05) is 0 Å². The Labute approximate surface area is 116 Å². The number of amides is 1. The molecule has 0 spiro atoms. The Morgan fingerprint density at radius 2 is 2.16 bits per heavy atom. The van der Waals surface area contributed by atoms with Crippen LogP contribution in [0.5, 0.6) is 5.75 Å². The molecule has 1 amide bonds. The molecule has 1 fully saturated rings. The van der Waals surface area contributed by atoms with Crippen molar-refractivity contribution in [2.24, 2.45) is 0 Å². The number of nitrogens with two attached hydrogens (primary N) is 1. The summed E-state index contributed by atoms with van der Waals surface area (Å²) >= 11 is 1.34. The van der Waals surface area contributed by atoms with Crippen molar-refractivity contribution in [1.82, 2.24) is 10.6 Å². The van der Waals surface area contributed by atoms with Crippen LogP contribution in [-0.4, -0.2) is 39.2 Å². The van der Waals surface area contributed by atoms with Crippen molar-refractivity contribution in [2.45, 2.75) is 18.9 Å². The first-order valence-corrected chi connectivity index (χ1v) is 7.14. The zero-order valence-corrected chi connectivity index (χ0v) is 12.0. The van der Waals surface area contributed by atoms with E-state index >= 15 is 0 Å². The van der Waals surface area contributed by atoms with E-state index < -0.39 is 0 Å². The van der Waals surface area contributed by atoms with Gasteiger partial charge in [-0.2, -0.15) is 0 Å². The van der Waals surface area contributed by atoms with Gasteiger partial charge >= 0.3 is 0 Å². The van der Waals surface area contributed by atoms with Gasteiger partial charge in [0.25, 0.3) is 5.91 Å². The van der Waals surface area contributed by atoms with Crippen LogP contribution < -0.4 is 26.4 Å². The second-order valence-electron chi connectivity index (χ2n) is 4.45. The van der Waals surface area contributed by atoms with Gasteiger partial charge in [0.2, 0.25) is 0 Å². The Hall–Kier alpha value is -1.47. The van der Waals surface area contributed by atoms with Crippen LogP contribution in [0.15, 0.2) is 0 Å². The van der Waals surface area contributed by atoms with Gasteiger partial charge in [0.05, 0.1) is 7.11 Å². The number of rotatable bonds is 4. The fourth-order valence-corrected chi connectivity index (χ4v) is 3.27. The molecule has 19 heavy (non-hydrogen) atoms. The Kier molecular flexibility index (Phi) is 4.49. The van der Waals surface area contributed by atoms with E-state index in [1.54, 1.807) is 14.2 Å². The maximum atomic E-state index is 11.7. The van der Waals surface area contributed by atoms with E-state index in [4.69, 9.17) is 10.5 Å². The van der Waals surface area contributed by atoms with Crippen molar-refractivity contribution in [2.75, 3.05) is 38.3 Å². The summed E-state index contributed by atoms with van der Waals surface area (Å²) in [5.41, 5.74) is 6.37. The molecule has 0 unspecified atom stereocenters. The van der Waals surface area contributed by atoms with Crippen LogP contribution in [0.3, 0.4) is 0 Å². The maximum Gasteiger partial charge on any atom is 0.263 e. The minimum Gasteiger partial charge on any atom is -0.492 e. The zero-order chi connectivity index (χ0) is 13.8. The summed E-state index contributed by atoms with van der Waals surface area (Å²) in [5, 5.41) is 10.2. The normalized spacial score (nSPS) is 16.1. The number of hydrogen-bond acceptors (Lipinski definition) is 6. The lowest BCUT2D eigenvalue weighted by Gasteiger charge is -2.24. The van der Waals surface area contributed by atoms with Crippen molar-refractivity contribution >= 4 is 27.9 Å². The molecule has 0 aromatic carbocycles. The van der Waals surface area contributed by atoms with Crippen LogP contribution in [0.4, 0.5) is 10.7 Å². The van der Waals surface area contributed by atoms with E-state index in [0.717, 1.165) is 30.9 Å². The maximum absolute atomic E-state index is 11.7. The molecule has 1 aliphatic heterocycles. The molecule has 2 rings (SSSR count). The predicted molar refractivity (Wildman–Crippen MR) is 78.2 cm³/mol. The van der Waals surface area contributed by atoms with Gasteiger partial charge in [-0.25, -0.2) is 0 Å². The minimum absolute atomic E-state index is 0.181. The van der Waals surface area contributed by atoms with E-state index in [2.05, 4.69) is 16.0 Å². The monoisotopic (exact) mass is 284 g/mol. The third-order valence-electron chi connectivity index (χ3n) is 3.21. The van der Waals surface area contributed by atoms with Gasteiger partial charge in [0.15, 0.2) is 5.75 Å². The number of ether oxygens (including phenoxy) is 1. The molecule has 7 heteroatoms. The SMILES string of the molecule is CNC(=O)c1sc(NC2CCNCC2)c(OC)c1N. The molecule has 5 N–H and O–H groups in total. The number of hydrogen-bond donors (Lipinski definition) is 4. The lowest BCUT2D eigenvalue weighted by Crippen LogP contribution is -2.35. The first-order valence-electron chi connectivity index (χ1n) is 6.33. The minimum atomic E-state index is -0.181. The van der Waals surface area contributed by atoms with E-state index in [-0.39, 0.29) is 5.91 Å². The van der Waals surface area contributed by atoms with E-state index in [0.29, 0.717) is 22.4 Å². The molecule has 0 radical (unpaired) electrons. The molecule has 106 valence electrons. The van der Waals surface area contributed by atoms with Crippen molar-refractivity contribution in [3.8, 4) is 5.75 Å². The summed E-state index contributed by atoms with van der Waals surface area (Å²) < 4.78 is 5.32. The second-order valence-corrected chi connectivity index (χ2v) is 5.48. The van der Waals surface area contributed by atoms with E-state index in [1.165, 1.54) is 11.3 Å². The lowest BCUT2D eigenvalue weighted by atomic mass is 10.1. The fourth-order valence-electron chi connectivity index (χ4n) is 2.16. The van der Waals surface area contributed by atoms with Gasteiger partial charge in [0, 0.05) is 13.1 Å². The highest BCUT2D eigenvalue weighted by molar-refractivity contribution is 7.19. The molecular formula is C12H20N4O2S. The first kappa shape index (κ1) is 14.0. The molecule has 0 atom stereocenters. The number of piperidine rings is 1. The average molecular weight is 284 g/mol. The highest BCUT2D eigenvalue weighted by atomic mass is 32.1. The highest BCUT2D eigenvalue weighted by Crippen LogP contribution is 2.43. The summed E-state index contributed by atoms with van der Waals surface area (Å²) in [6.07, 6.45) is 2.10. The summed E-state index contributed by atoms with van der Waals surface area (Å²) in [7, 11) is 3.16. The van der Waals surface area contributed by atoms with Crippen molar-refractivity contribution in [1.29, 1.82) is 0 Å². The highest BCUT2D eigenvalue weighted by Gasteiger charge is 2.23. The van der Waals surface area contributed by atoms with Gasteiger partial charge in [-0.15, -0.1) is 11.3 Å². The summed E-state index contributed by atoms with van der Waals surface area (Å²) in [6.45, 7) is 2.01. The summed E-state index contributed by atoms with van der Waals surface area (Å²) in [6, 6.07) is 0.394. The number of carbonyl (C=O) groups is 1. The predicted octanol–water partition coefficient (Wildman–Crippen LogP) is 0.862. The molecule has 0 bridgehead atoms. The van der Waals surface area contributed by atoms with Gasteiger partial charge in [-0.05, 0) is 25.9 Å². The van der Waals surface area contributed by atoms with E-state index in [1.807, 2.05) is 0 Å². The van der Waals surface area contributed by atoms with Gasteiger partial charge in [-0.3, -0.25) is 4.79 Å². The molecule has 1 aliphatic rings. The Morgan fingerprint density at radius 1 is 1.47 bits per heavy atom. The zero-order valence-electron chi connectivity index (χ0n) is 11.2.